The predicted molar refractivity (Wildman–Crippen MR) is 56.0 cm³/mol. The highest BCUT2D eigenvalue weighted by Gasteiger charge is 2.46. The molecule has 84 valence electrons. The number of carbonyl (C=O) groups is 1. The Morgan fingerprint density at radius 1 is 1.60 bits per heavy atom. The fourth-order valence-electron chi connectivity index (χ4n) is 1.18. The third-order valence-electron chi connectivity index (χ3n) is 2.09. The second kappa shape index (κ2) is 4.03. The Bertz CT molecular complexity index is 296. The number of amides is 1. The van der Waals surface area contributed by atoms with Crippen molar-refractivity contribution in [1.82, 2.24) is 5.32 Å². The lowest BCUT2D eigenvalue weighted by Gasteiger charge is -2.21. The Kier molecular flexibility index (Phi) is 3.15. The summed E-state index contributed by atoms with van der Waals surface area (Å²) < 4.78 is 5.16. The monoisotopic (exact) mass is 212 g/mol. The largest absolute Gasteiger partial charge is 0.444 e. The third kappa shape index (κ3) is 4.13. The SMILES string of the molecule is C=[N+]=NCC1(NC(=O)OC(C)(C)C)CC1. The molecule has 1 rings (SSSR count). The first-order valence-electron chi connectivity index (χ1n) is 5.01. The van der Waals surface area contributed by atoms with Gasteiger partial charge in [0.2, 0.25) is 0 Å². The van der Waals surface area contributed by atoms with Gasteiger partial charge in [0.25, 0.3) is 6.72 Å². The molecule has 0 bridgehead atoms. The maximum Gasteiger partial charge on any atom is 0.408 e. The van der Waals surface area contributed by atoms with Crippen molar-refractivity contribution >= 4 is 12.8 Å². The summed E-state index contributed by atoms with van der Waals surface area (Å²) in [6.45, 7) is 9.26. The van der Waals surface area contributed by atoms with E-state index in [0.717, 1.165) is 12.8 Å². The Morgan fingerprint density at radius 2 is 2.20 bits per heavy atom. The van der Waals surface area contributed by atoms with Gasteiger partial charge in [-0.25, -0.2) is 4.79 Å². The Morgan fingerprint density at radius 3 is 2.60 bits per heavy atom. The third-order valence-corrected chi connectivity index (χ3v) is 2.09. The highest BCUT2D eigenvalue weighted by molar-refractivity contribution is 5.69. The molecule has 0 aliphatic heterocycles. The smallest absolute Gasteiger partial charge is 0.408 e. The molecule has 1 amide bonds. The van der Waals surface area contributed by atoms with Crippen molar-refractivity contribution in [2.24, 2.45) is 5.11 Å². The van der Waals surface area contributed by atoms with E-state index in [1.165, 1.54) is 0 Å². The number of hydrogen-bond acceptors (Lipinski definition) is 3. The molecule has 1 aliphatic carbocycles. The van der Waals surface area contributed by atoms with Crippen LogP contribution >= 0.6 is 0 Å². The molecule has 5 nitrogen and oxygen atoms in total. The standard InChI is InChI=1S/C10H17N3O2/c1-9(2,3)15-8(14)13-10(5-6-10)7-12-11-4/h4-7H2,1-3H3/p+1. The van der Waals surface area contributed by atoms with Crippen LogP contribution in [-0.2, 0) is 4.74 Å². The summed E-state index contributed by atoms with van der Waals surface area (Å²) in [5.41, 5.74) is -0.697. The molecule has 0 aromatic heterocycles. The van der Waals surface area contributed by atoms with Crippen molar-refractivity contribution in [3.05, 3.63) is 0 Å². The van der Waals surface area contributed by atoms with Gasteiger partial charge < -0.3 is 10.1 Å². The fraction of sp³-hybridized carbons (Fsp3) is 0.800. The minimum absolute atomic E-state index is 0.233. The van der Waals surface area contributed by atoms with E-state index in [0.29, 0.717) is 6.54 Å². The van der Waals surface area contributed by atoms with E-state index < -0.39 is 5.60 Å². The molecule has 0 spiro atoms. The number of nitrogens with one attached hydrogen (secondary N) is 1. The van der Waals surface area contributed by atoms with E-state index >= 15 is 0 Å². The van der Waals surface area contributed by atoms with Crippen LogP contribution < -0.4 is 5.32 Å². The predicted octanol–water partition coefficient (Wildman–Crippen LogP) is 1.40. The van der Waals surface area contributed by atoms with E-state index in [2.05, 4.69) is 21.9 Å². The lowest BCUT2D eigenvalue weighted by Crippen LogP contribution is -2.42. The molecule has 0 unspecified atom stereocenters. The minimum Gasteiger partial charge on any atom is -0.444 e. The van der Waals surface area contributed by atoms with Gasteiger partial charge >= 0.3 is 6.09 Å². The van der Waals surface area contributed by atoms with Crippen molar-refractivity contribution in [2.75, 3.05) is 6.54 Å². The van der Waals surface area contributed by atoms with Crippen LogP contribution in [0.4, 0.5) is 4.79 Å². The molecular weight excluding hydrogens is 194 g/mol. The molecule has 0 radical (unpaired) electrons. The van der Waals surface area contributed by atoms with Gasteiger partial charge in [0.05, 0.1) is 10.7 Å². The van der Waals surface area contributed by atoms with Crippen LogP contribution in [-0.4, -0.2) is 35.3 Å². The van der Waals surface area contributed by atoms with Crippen molar-refractivity contribution in [3.8, 4) is 0 Å². The molecule has 1 N–H and O–H groups in total. The molecule has 0 heterocycles. The highest BCUT2D eigenvalue weighted by Crippen LogP contribution is 2.35. The Hall–Kier alpha value is -1.35. The van der Waals surface area contributed by atoms with Crippen molar-refractivity contribution in [1.29, 1.82) is 0 Å². The summed E-state index contributed by atoms with van der Waals surface area (Å²) >= 11 is 0. The van der Waals surface area contributed by atoms with Gasteiger partial charge in [-0.2, -0.15) is 0 Å². The Balaban J connectivity index is 2.41. The zero-order valence-electron chi connectivity index (χ0n) is 9.54. The molecule has 1 saturated carbocycles. The highest BCUT2D eigenvalue weighted by atomic mass is 16.6. The molecule has 1 aliphatic rings. The molecule has 0 atom stereocenters. The number of rotatable bonds is 3. The summed E-state index contributed by atoms with van der Waals surface area (Å²) in [5.74, 6) is 0. The number of alkyl carbamates (subject to hydrolysis) is 1. The van der Waals surface area contributed by atoms with Crippen LogP contribution in [0.2, 0.25) is 0 Å². The Labute approximate surface area is 89.6 Å². The summed E-state index contributed by atoms with van der Waals surface area (Å²) in [4.78, 5) is 14.9. The van der Waals surface area contributed by atoms with Gasteiger partial charge in [-0.1, -0.05) is 0 Å². The maximum atomic E-state index is 11.5. The van der Waals surface area contributed by atoms with E-state index in [1.54, 1.807) is 0 Å². The molecule has 1 fully saturated rings. The van der Waals surface area contributed by atoms with Gasteiger partial charge in [-0.05, 0) is 33.6 Å². The van der Waals surface area contributed by atoms with Crippen LogP contribution in [0, 0.1) is 0 Å². The van der Waals surface area contributed by atoms with Crippen molar-refractivity contribution in [3.63, 3.8) is 0 Å². The van der Waals surface area contributed by atoms with Gasteiger partial charge in [-0.15, -0.1) is 0 Å². The van der Waals surface area contributed by atoms with E-state index in [4.69, 9.17) is 4.74 Å². The topological polar surface area (TPSA) is 64.8 Å². The van der Waals surface area contributed by atoms with Crippen LogP contribution in [0.5, 0.6) is 0 Å². The maximum absolute atomic E-state index is 11.5. The van der Waals surface area contributed by atoms with Crippen molar-refractivity contribution < 1.29 is 14.3 Å². The van der Waals surface area contributed by atoms with Gasteiger partial charge in [0.15, 0.2) is 0 Å². The quantitative estimate of drug-likeness (QED) is 0.436. The molecule has 0 aromatic rings. The molecule has 15 heavy (non-hydrogen) atoms. The zero-order valence-corrected chi connectivity index (χ0v) is 9.54. The minimum atomic E-state index is -0.464. The van der Waals surface area contributed by atoms with E-state index in [-0.39, 0.29) is 11.6 Å². The summed E-state index contributed by atoms with van der Waals surface area (Å²) in [5, 5.41) is 6.62. The van der Waals surface area contributed by atoms with Crippen LogP contribution in [0.25, 0.3) is 0 Å². The first-order chi connectivity index (χ1) is 6.87. The normalized spacial score (nSPS) is 17.5. The lowest BCUT2D eigenvalue weighted by atomic mass is 10.2. The van der Waals surface area contributed by atoms with Gasteiger partial charge in [-0.3, -0.25) is 0 Å². The lowest BCUT2D eigenvalue weighted by molar-refractivity contribution is -0.0799. The second-order valence-corrected chi connectivity index (χ2v) is 4.85. The average Bonchev–Trinajstić information content (AvgIpc) is 2.78. The number of carbonyl (C=O) groups excluding carboxylic acids is 1. The molecule has 5 heteroatoms. The van der Waals surface area contributed by atoms with E-state index in [1.807, 2.05) is 20.8 Å². The number of hydrogen-bond donors (Lipinski definition) is 1. The first-order valence-corrected chi connectivity index (χ1v) is 5.01. The second-order valence-electron chi connectivity index (χ2n) is 4.85. The molecular formula is C10H18N3O2+. The molecule has 0 saturated heterocycles. The fourth-order valence-corrected chi connectivity index (χ4v) is 1.18. The van der Waals surface area contributed by atoms with Crippen LogP contribution in [0.1, 0.15) is 33.6 Å². The van der Waals surface area contributed by atoms with Gasteiger partial charge in [0, 0.05) is 4.79 Å². The zero-order chi connectivity index (χ0) is 11.5. The summed E-state index contributed by atoms with van der Waals surface area (Å²) in [6, 6.07) is 0. The van der Waals surface area contributed by atoms with Crippen LogP contribution in [0.3, 0.4) is 0 Å². The average molecular weight is 212 g/mol. The van der Waals surface area contributed by atoms with E-state index in [9.17, 15) is 4.79 Å². The first kappa shape index (κ1) is 11.7. The number of ether oxygens (including phenoxy) is 1. The van der Waals surface area contributed by atoms with Crippen LogP contribution in [0.15, 0.2) is 5.11 Å². The molecule has 0 aromatic carbocycles. The van der Waals surface area contributed by atoms with Gasteiger partial charge in [0.1, 0.15) is 12.1 Å². The number of nitrogens with zero attached hydrogens (tertiary/aromatic N) is 2. The van der Waals surface area contributed by atoms with Crippen molar-refractivity contribution in [2.45, 2.75) is 44.8 Å². The summed E-state index contributed by atoms with van der Waals surface area (Å²) in [6.07, 6.45) is 1.45. The summed E-state index contributed by atoms with van der Waals surface area (Å²) in [7, 11) is 0.